The molecule has 1 aromatic carbocycles. The zero-order valence-corrected chi connectivity index (χ0v) is 22.9. The van der Waals surface area contributed by atoms with E-state index < -0.39 is 71.0 Å². The smallest absolute Gasteiger partial charge is 0.250 e. The molecule has 220 valence electrons. The fraction of sp³-hybridized carbons (Fsp3) is 0.630. The van der Waals surface area contributed by atoms with Crippen LogP contribution in [0.1, 0.15) is 40.0 Å². The van der Waals surface area contributed by atoms with Crippen molar-refractivity contribution in [1.29, 1.82) is 0 Å². The first-order chi connectivity index (χ1) is 18.8. The Labute approximate surface area is 230 Å². The maximum absolute atomic E-state index is 14.3. The number of rotatable bonds is 10. The van der Waals surface area contributed by atoms with Crippen molar-refractivity contribution in [2.24, 2.45) is 23.2 Å². The number of amides is 4. The Balaban J connectivity index is 1.56. The van der Waals surface area contributed by atoms with Gasteiger partial charge in [0, 0.05) is 38.2 Å². The van der Waals surface area contributed by atoms with Crippen LogP contribution in [0.25, 0.3) is 0 Å². The van der Waals surface area contributed by atoms with Crippen LogP contribution in [0.3, 0.4) is 0 Å². The average molecular weight is 568 g/mol. The number of benzene rings is 1. The molecule has 10 nitrogen and oxygen atoms in total. The summed E-state index contributed by atoms with van der Waals surface area (Å²) in [5.41, 5.74) is -0.903. The molecule has 7 atom stereocenters. The zero-order chi connectivity index (χ0) is 29.5. The van der Waals surface area contributed by atoms with Crippen molar-refractivity contribution < 1.29 is 37.5 Å². The van der Waals surface area contributed by atoms with Gasteiger partial charge in [-0.3, -0.25) is 19.2 Å². The standard InChI is InChI=1S/C27H36F3N5O5/c1-5-17(33-20-15(29)9-13(28)10-16(20)30)26(40)35-11-14-19(27(14,2)3)21(35)24(38)34-18(22(36)25(39)31-4)8-12-6-7-32-23(12)37/h9-10,12,14,17-19,21-22,33,36H,5-8,11H2,1-4H3,(H,31,39)(H,32,37)(H,34,38)/t12-,14-,17?,18?,19-,21-,22?/m0/s1. The third kappa shape index (κ3) is 5.48. The molecule has 2 heterocycles. The maximum atomic E-state index is 14.3. The number of hydrogen-bond donors (Lipinski definition) is 5. The lowest BCUT2D eigenvalue weighted by Gasteiger charge is -2.34. The van der Waals surface area contributed by atoms with E-state index in [-0.39, 0.29) is 42.5 Å². The van der Waals surface area contributed by atoms with Crippen LogP contribution >= 0.6 is 0 Å². The monoisotopic (exact) mass is 567 g/mol. The van der Waals surface area contributed by atoms with E-state index in [0.717, 1.165) is 0 Å². The molecule has 40 heavy (non-hydrogen) atoms. The normalized spacial score (nSPS) is 26.8. The van der Waals surface area contributed by atoms with Crippen LogP contribution in [0, 0.1) is 40.6 Å². The Morgan fingerprint density at radius 1 is 1.20 bits per heavy atom. The number of carbonyl (C=O) groups is 4. The van der Waals surface area contributed by atoms with Gasteiger partial charge in [0.2, 0.25) is 17.7 Å². The van der Waals surface area contributed by atoms with E-state index in [9.17, 15) is 37.5 Å². The van der Waals surface area contributed by atoms with Crippen molar-refractivity contribution in [2.45, 2.75) is 64.3 Å². The molecule has 3 fully saturated rings. The molecule has 0 bridgehead atoms. The highest BCUT2D eigenvalue weighted by molar-refractivity contribution is 5.93. The van der Waals surface area contributed by atoms with E-state index in [4.69, 9.17) is 0 Å². The number of nitrogens with one attached hydrogen (secondary N) is 4. The first-order valence-electron chi connectivity index (χ1n) is 13.5. The van der Waals surface area contributed by atoms with Gasteiger partial charge in [-0.25, -0.2) is 13.2 Å². The maximum Gasteiger partial charge on any atom is 0.250 e. The van der Waals surface area contributed by atoms with Crippen LogP contribution in [0.4, 0.5) is 18.9 Å². The minimum Gasteiger partial charge on any atom is -0.381 e. The van der Waals surface area contributed by atoms with Gasteiger partial charge < -0.3 is 31.3 Å². The summed E-state index contributed by atoms with van der Waals surface area (Å²) < 4.78 is 42.0. The molecule has 1 aliphatic carbocycles. The van der Waals surface area contributed by atoms with E-state index in [1.54, 1.807) is 6.92 Å². The Kier molecular flexibility index (Phi) is 8.34. The lowest BCUT2D eigenvalue weighted by atomic mass is 9.93. The predicted molar refractivity (Wildman–Crippen MR) is 138 cm³/mol. The van der Waals surface area contributed by atoms with Crippen LogP contribution in [0.2, 0.25) is 0 Å². The summed E-state index contributed by atoms with van der Waals surface area (Å²) in [7, 11) is 1.34. The molecule has 0 spiro atoms. The van der Waals surface area contributed by atoms with Gasteiger partial charge in [-0.2, -0.15) is 0 Å². The molecule has 1 saturated carbocycles. The van der Waals surface area contributed by atoms with E-state index in [2.05, 4.69) is 21.3 Å². The molecule has 0 radical (unpaired) electrons. The van der Waals surface area contributed by atoms with Crippen molar-refractivity contribution in [3.05, 3.63) is 29.6 Å². The molecule has 13 heteroatoms. The third-order valence-corrected chi connectivity index (χ3v) is 8.72. The number of aliphatic hydroxyl groups is 1. The summed E-state index contributed by atoms with van der Waals surface area (Å²) in [4.78, 5) is 53.2. The quantitative estimate of drug-likeness (QED) is 0.285. The summed E-state index contributed by atoms with van der Waals surface area (Å²) in [5.74, 6) is -6.33. The second kappa shape index (κ2) is 11.3. The molecular formula is C27H36F3N5O5. The van der Waals surface area contributed by atoms with Crippen LogP contribution in [0.5, 0.6) is 0 Å². The summed E-state index contributed by atoms with van der Waals surface area (Å²) >= 11 is 0. The highest BCUT2D eigenvalue weighted by atomic mass is 19.1. The minimum atomic E-state index is -1.63. The van der Waals surface area contributed by atoms with Crippen LogP contribution in [-0.4, -0.2) is 78.0 Å². The van der Waals surface area contributed by atoms with Crippen molar-refractivity contribution in [1.82, 2.24) is 20.9 Å². The van der Waals surface area contributed by atoms with Crippen LogP contribution in [0.15, 0.2) is 12.1 Å². The van der Waals surface area contributed by atoms with Gasteiger partial charge in [-0.05, 0) is 36.5 Å². The Hall–Kier alpha value is -3.35. The second-order valence-electron chi connectivity index (χ2n) is 11.4. The SMILES string of the molecule is CCC(Nc1c(F)cc(F)cc1F)C(=O)N1C[C@H]2[C@@H]([C@H]1C(=O)NC(C[C@@H]1CCNC1=O)C(O)C(=O)NC)C2(C)C. The summed E-state index contributed by atoms with van der Waals surface area (Å²) in [6.45, 7) is 6.26. The van der Waals surface area contributed by atoms with Gasteiger partial charge in [0.1, 0.15) is 23.6 Å². The number of hydrogen-bond acceptors (Lipinski definition) is 6. The van der Waals surface area contributed by atoms with Crippen molar-refractivity contribution in [3.63, 3.8) is 0 Å². The Morgan fingerprint density at radius 2 is 1.85 bits per heavy atom. The number of likely N-dealkylation sites (N-methyl/N-ethyl adjacent to an activating group) is 1. The molecular weight excluding hydrogens is 531 g/mol. The predicted octanol–water partition coefficient (Wildman–Crippen LogP) is 0.895. The lowest BCUT2D eigenvalue weighted by Crippen LogP contribution is -2.58. The fourth-order valence-electron chi connectivity index (χ4n) is 6.25. The van der Waals surface area contributed by atoms with Gasteiger partial charge in [0.05, 0.1) is 6.04 Å². The fourth-order valence-corrected chi connectivity index (χ4v) is 6.25. The zero-order valence-electron chi connectivity index (χ0n) is 22.9. The Bertz CT molecular complexity index is 1170. The van der Waals surface area contributed by atoms with Gasteiger partial charge in [0.25, 0.3) is 5.91 Å². The molecule has 2 saturated heterocycles. The molecule has 4 rings (SSSR count). The first-order valence-corrected chi connectivity index (χ1v) is 13.5. The topological polar surface area (TPSA) is 140 Å². The number of halogens is 3. The lowest BCUT2D eigenvalue weighted by molar-refractivity contribution is -0.142. The van der Waals surface area contributed by atoms with Gasteiger partial charge in [0.15, 0.2) is 17.7 Å². The van der Waals surface area contributed by atoms with Gasteiger partial charge in [-0.1, -0.05) is 20.8 Å². The number of piperidine rings is 1. The van der Waals surface area contributed by atoms with E-state index in [0.29, 0.717) is 25.1 Å². The number of carbonyl (C=O) groups excluding carboxylic acids is 4. The summed E-state index contributed by atoms with van der Waals surface area (Å²) in [6.07, 6.45) is -1.01. The largest absolute Gasteiger partial charge is 0.381 e. The summed E-state index contributed by atoms with van der Waals surface area (Å²) in [6, 6.07) is -2.16. The number of anilines is 1. The Morgan fingerprint density at radius 3 is 2.40 bits per heavy atom. The number of nitrogens with zero attached hydrogens (tertiary/aromatic N) is 1. The third-order valence-electron chi connectivity index (χ3n) is 8.72. The molecule has 5 N–H and O–H groups in total. The number of fused-ring (bicyclic) bond motifs is 1. The minimum absolute atomic E-state index is 0.00748. The van der Waals surface area contributed by atoms with Gasteiger partial charge >= 0.3 is 0 Å². The van der Waals surface area contributed by atoms with E-state index in [1.807, 2.05) is 13.8 Å². The highest BCUT2D eigenvalue weighted by Crippen LogP contribution is 2.65. The van der Waals surface area contributed by atoms with E-state index in [1.165, 1.54) is 11.9 Å². The first kappa shape index (κ1) is 29.6. The molecule has 1 aromatic rings. The summed E-state index contributed by atoms with van der Waals surface area (Å²) in [5, 5.41) is 21.0. The molecule has 0 aromatic heterocycles. The van der Waals surface area contributed by atoms with Crippen LogP contribution < -0.4 is 21.3 Å². The molecule has 4 amide bonds. The van der Waals surface area contributed by atoms with Crippen molar-refractivity contribution in [2.75, 3.05) is 25.5 Å². The molecule has 3 aliphatic rings. The van der Waals surface area contributed by atoms with Crippen molar-refractivity contribution >= 4 is 29.3 Å². The van der Waals surface area contributed by atoms with Crippen LogP contribution in [-0.2, 0) is 19.2 Å². The number of aliphatic hydroxyl groups excluding tert-OH is 1. The van der Waals surface area contributed by atoms with Gasteiger partial charge in [-0.15, -0.1) is 0 Å². The average Bonchev–Trinajstić information content (AvgIpc) is 3.24. The highest BCUT2D eigenvalue weighted by Gasteiger charge is 2.69. The second-order valence-corrected chi connectivity index (χ2v) is 11.4. The van der Waals surface area contributed by atoms with E-state index >= 15 is 0 Å². The van der Waals surface area contributed by atoms with Crippen molar-refractivity contribution in [3.8, 4) is 0 Å². The molecule has 2 aliphatic heterocycles. The number of likely N-dealkylation sites (tertiary alicyclic amines) is 1. The molecule has 3 unspecified atom stereocenters.